The number of fused-ring (bicyclic) bond motifs is 1. The Bertz CT molecular complexity index is 1080. The number of aromatic nitrogens is 2. The van der Waals surface area contributed by atoms with Crippen LogP contribution in [0, 0.1) is 11.7 Å². The number of halogens is 1. The number of hydrogen-bond donors (Lipinski definition) is 2. The van der Waals surface area contributed by atoms with Gasteiger partial charge in [0.1, 0.15) is 11.6 Å². The van der Waals surface area contributed by atoms with Crippen LogP contribution in [0.3, 0.4) is 0 Å². The predicted octanol–water partition coefficient (Wildman–Crippen LogP) is 2.84. The van der Waals surface area contributed by atoms with Gasteiger partial charge in [0.05, 0.1) is 28.5 Å². The van der Waals surface area contributed by atoms with E-state index in [2.05, 4.69) is 15.3 Å². The highest BCUT2D eigenvalue weighted by Crippen LogP contribution is 2.22. The van der Waals surface area contributed by atoms with Crippen LogP contribution >= 0.6 is 0 Å². The Hall–Kier alpha value is -2.78. The minimum absolute atomic E-state index is 0.0264. The molecule has 0 bridgehead atoms. The van der Waals surface area contributed by atoms with E-state index in [0.717, 1.165) is 27.5 Å². The molecule has 0 fully saturated rings. The number of rotatable bonds is 7. The molecule has 7 nitrogen and oxygen atoms in total. The maximum absolute atomic E-state index is 13.1. The molecular formula is C20H23FN4O3S. The molecule has 154 valence electrons. The minimum atomic E-state index is -3.91. The van der Waals surface area contributed by atoms with E-state index in [1.54, 1.807) is 0 Å². The van der Waals surface area contributed by atoms with Crippen LogP contribution in [0.2, 0.25) is 0 Å². The summed E-state index contributed by atoms with van der Waals surface area (Å²) in [7, 11) is -2.60. The molecule has 1 aromatic heterocycles. The molecule has 2 aromatic carbocycles. The number of benzene rings is 2. The number of para-hydroxylation sites is 2. The van der Waals surface area contributed by atoms with Crippen molar-refractivity contribution in [3.05, 3.63) is 60.2 Å². The molecule has 1 heterocycles. The fourth-order valence-corrected chi connectivity index (χ4v) is 4.09. The summed E-state index contributed by atoms with van der Waals surface area (Å²) in [6, 6.07) is 11.6. The van der Waals surface area contributed by atoms with Crippen molar-refractivity contribution in [3.8, 4) is 0 Å². The number of hydrogen-bond acceptors (Lipinski definition) is 4. The zero-order chi connectivity index (χ0) is 21.2. The number of imidazole rings is 1. The Morgan fingerprint density at radius 3 is 2.45 bits per heavy atom. The van der Waals surface area contributed by atoms with Crippen LogP contribution in [0.25, 0.3) is 11.0 Å². The molecule has 0 spiro atoms. The van der Waals surface area contributed by atoms with Crippen LogP contribution < -0.4 is 5.32 Å². The first-order valence-electron chi connectivity index (χ1n) is 9.14. The number of nitrogens with zero attached hydrogens (tertiary/aromatic N) is 2. The van der Waals surface area contributed by atoms with Gasteiger partial charge in [-0.1, -0.05) is 26.0 Å². The monoisotopic (exact) mass is 418 g/mol. The smallest absolute Gasteiger partial charge is 0.243 e. The summed E-state index contributed by atoms with van der Waals surface area (Å²) in [5.41, 5.74) is 1.65. The molecule has 0 saturated heterocycles. The maximum atomic E-state index is 13.1. The molecule has 1 unspecified atom stereocenters. The predicted molar refractivity (Wildman–Crippen MR) is 108 cm³/mol. The van der Waals surface area contributed by atoms with E-state index < -0.39 is 27.8 Å². The van der Waals surface area contributed by atoms with Crippen molar-refractivity contribution < 1.29 is 17.6 Å². The lowest BCUT2D eigenvalue weighted by molar-refractivity contribution is -0.122. The number of H-pyrrole nitrogens is 1. The molecule has 9 heteroatoms. The van der Waals surface area contributed by atoms with Crippen molar-refractivity contribution in [2.45, 2.75) is 24.8 Å². The van der Waals surface area contributed by atoms with E-state index in [1.807, 2.05) is 38.1 Å². The summed E-state index contributed by atoms with van der Waals surface area (Å²) in [6.07, 6.45) is 0. The first-order valence-corrected chi connectivity index (χ1v) is 10.6. The molecule has 3 rings (SSSR count). The lowest BCUT2D eigenvalue weighted by atomic mass is 10.0. The second-order valence-corrected chi connectivity index (χ2v) is 9.19. The fourth-order valence-electron chi connectivity index (χ4n) is 2.96. The first kappa shape index (κ1) is 20.9. The summed E-state index contributed by atoms with van der Waals surface area (Å²) in [6.45, 7) is 3.51. The SMILES string of the molecule is CC(C)C(NC(=O)CN(C)S(=O)(=O)c1ccc(F)cc1)c1nc2ccccc2[nH]1. The van der Waals surface area contributed by atoms with E-state index in [4.69, 9.17) is 0 Å². The second-order valence-electron chi connectivity index (χ2n) is 7.14. The summed E-state index contributed by atoms with van der Waals surface area (Å²) < 4.78 is 39.2. The van der Waals surface area contributed by atoms with Gasteiger partial charge in [-0.25, -0.2) is 17.8 Å². The Kier molecular flexibility index (Phi) is 5.99. The van der Waals surface area contributed by atoms with Gasteiger partial charge in [0.2, 0.25) is 15.9 Å². The Morgan fingerprint density at radius 2 is 1.83 bits per heavy atom. The lowest BCUT2D eigenvalue weighted by Crippen LogP contribution is -2.41. The van der Waals surface area contributed by atoms with Gasteiger partial charge in [-0.3, -0.25) is 4.79 Å². The summed E-state index contributed by atoms with van der Waals surface area (Å²) in [5.74, 6) is -0.357. The summed E-state index contributed by atoms with van der Waals surface area (Å²) >= 11 is 0. The number of amides is 1. The molecule has 0 saturated carbocycles. The van der Waals surface area contributed by atoms with Crippen LogP contribution in [0.4, 0.5) is 4.39 Å². The third-order valence-electron chi connectivity index (χ3n) is 4.57. The number of likely N-dealkylation sites (N-methyl/N-ethyl adjacent to an activating group) is 1. The molecular weight excluding hydrogens is 395 g/mol. The molecule has 29 heavy (non-hydrogen) atoms. The van der Waals surface area contributed by atoms with Crippen molar-refractivity contribution in [2.24, 2.45) is 5.92 Å². The van der Waals surface area contributed by atoms with Crippen molar-refractivity contribution in [3.63, 3.8) is 0 Å². The number of aromatic amines is 1. The first-order chi connectivity index (χ1) is 13.7. The fraction of sp³-hybridized carbons (Fsp3) is 0.300. The third-order valence-corrected chi connectivity index (χ3v) is 6.39. The van der Waals surface area contributed by atoms with Crippen LogP contribution in [-0.4, -0.2) is 42.2 Å². The number of carbonyl (C=O) groups excluding carboxylic acids is 1. The molecule has 0 aliphatic carbocycles. The Morgan fingerprint density at radius 1 is 1.17 bits per heavy atom. The maximum Gasteiger partial charge on any atom is 0.243 e. The van der Waals surface area contributed by atoms with Gasteiger partial charge in [0, 0.05) is 7.05 Å². The highest BCUT2D eigenvalue weighted by atomic mass is 32.2. The van der Waals surface area contributed by atoms with Gasteiger partial charge in [0.25, 0.3) is 0 Å². The summed E-state index contributed by atoms with van der Waals surface area (Å²) in [4.78, 5) is 20.2. The van der Waals surface area contributed by atoms with Crippen molar-refractivity contribution >= 4 is 27.0 Å². The van der Waals surface area contributed by atoms with Crippen LogP contribution in [0.15, 0.2) is 53.4 Å². The Labute approximate surface area is 169 Å². The zero-order valence-corrected chi connectivity index (χ0v) is 17.2. The summed E-state index contributed by atoms with van der Waals surface area (Å²) in [5, 5.41) is 2.86. The molecule has 1 amide bonds. The molecule has 2 N–H and O–H groups in total. The van der Waals surface area contributed by atoms with Gasteiger partial charge < -0.3 is 10.3 Å². The Balaban J connectivity index is 1.74. The number of nitrogens with one attached hydrogen (secondary N) is 2. The highest BCUT2D eigenvalue weighted by molar-refractivity contribution is 7.89. The van der Waals surface area contributed by atoms with E-state index in [-0.39, 0.29) is 17.4 Å². The van der Waals surface area contributed by atoms with Gasteiger partial charge in [-0.15, -0.1) is 0 Å². The van der Waals surface area contributed by atoms with Gasteiger partial charge >= 0.3 is 0 Å². The third kappa shape index (κ3) is 4.63. The average molecular weight is 418 g/mol. The van der Waals surface area contributed by atoms with Crippen LogP contribution in [-0.2, 0) is 14.8 Å². The normalized spacial score (nSPS) is 13.2. The average Bonchev–Trinajstić information content (AvgIpc) is 3.09. The number of carbonyl (C=O) groups is 1. The quantitative estimate of drug-likeness (QED) is 0.617. The van der Waals surface area contributed by atoms with Crippen molar-refractivity contribution in [1.29, 1.82) is 0 Å². The molecule has 0 aliphatic heterocycles. The highest BCUT2D eigenvalue weighted by Gasteiger charge is 2.26. The van der Waals surface area contributed by atoms with Gasteiger partial charge in [0.15, 0.2) is 0 Å². The molecule has 3 aromatic rings. The lowest BCUT2D eigenvalue weighted by Gasteiger charge is -2.22. The second kappa shape index (κ2) is 8.30. The largest absolute Gasteiger partial charge is 0.345 e. The van der Waals surface area contributed by atoms with Crippen molar-refractivity contribution in [2.75, 3.05) is 13.6 Å². The van der Waals surface area contributed by atoms with Crippen LogP contribution in [0.1, 0.15) is 25.7 Å². The standard InChI is InChI=1S/C20H23FN4O3S/c1-13(2)19(20-22-16-6-4-5-7-17(16)23-20)24-18(26)12-25(3)29(27,28)15-10-8-14(21)9-11-15/h4-11,13,19H,12H2,1-3H3,(H,22,23)(H,24,26). The molecule has 1 atom stereocenters. The molecule has 0 radical (unpaired) electrons. The topological polar surface area (TPSA) is 95.2 Å². The van der Waals surface area contributed by atoms with Gasteiger partial charge in [-0.2, -0.15) is 4.31 Å². The van der Waals surface area contributed by atoms with Crippen LogP contribution in [0.5, 0.6) is 0 Å². The van der Waals surface area contributed by atoms with E-state index in [1.165, 1.54) is 19.2 Å². The zero-order valence-electron chi connectivity index (χ0n) is 16.4. The number of sulfonamides is 1. The van der Waals surface area contributed by atoms with E-state index >= 15 is 0 Å². The van der Waals surface area contributed by atoms with Crippen molar-refractivity contribution in [1.82, 2.24) is 19.6 Å². The van der Waals surface area contributed by atoms with Gasteiger partial charge in [-0.05, 0) is 42.3 Å². The van der Waals surface area contributed by atoms with E-state index in [0.29, 0.717) is 5.82 Å². The molecule has 0 aliphatic rings. The van der Waals surface area contributed by atoms with E-state index in [9.17, 15) is 17.6 Å². The minimum Gasteiger partial charge on any atom is -0.345 e.